The lowest BCUT2D eigenvalue weighted by Crippen LogP contribution is -2.39. The van der Waals surface area contributed by atoms with Crippen molar-refractivity contribution in [3.8, 4) is 5.82 Å². The van der Waals surface area contributed by atoms with Crippen LogP contribution in [0.15, 0.2) is 48.9 Å². The van der Waals surface area contributed by atoms with Crippen LogP contribution in [0.1, 0.15) is 61.2 Å². The molecule has 0 aromatic carbocycles. The molecule has 11 heteroatoms. The lowest BCUT2D eigenvalue weighted by atomic mass is 9.76. The summed E-state index contributed by atoms with van der Waals surface area (Å²) in [4.78, 5) is 22.0. The predicted molar refractivity (Wildman–Crippen MR) is 139 cm³/mol. The molecule has 198 valence electrons. The number of halogens is 1. The number of hydrogen-bond donors (Lipinski definition) is 4. The number of amides is 1. The Morgan fingerprint density at radius 2 is 1.97 bits per heavy atom. The molecule has 4 N–H and O–H groups in total. The number of rotatable bonds is 7. The lowest BCUT2D eigenvalue weighted by molar-refractivity contribution is -0.128. The largest absolute Gasteiger partial charge is 0.384 e. The van der Waals surface area contributed by atoms with Crippen molar-refractivity contribution < 1.29 is 14.3 Å². The molecule has 10 nitrogen and oxygen atoms in total. The van der Waals surface area contributed by atoms with Gasteiger partial charge in [-0.2, -0.15) is 10.2 Å². The Morgan fingerprint density at radius 3 is 2.61 bits per heavy atom. The summed E-state index contributed by atoms with van der Waals surface area (Å²) in [6.07, 6.45) is 6.00. The number of aryl methyl sites for hydroxylation is 2. The van der Waals surface area contributed by atoms with E-state index < -0.39 is 11.4 Å². The van der Waals surface area contributed by atoms with E-state index in [4.69, 9.17) is 0 Å². The molecule has 0 spiro atoms. The quantitative estimate of drug-likeness (QED) is 0.289. The van der Waals surface area contributed by atoms with Gasteiger partial charge in [-0.1, -0.05) is 6.07 Å². The zero-order valence-corrected chi connectivity index (χ0v) is 21.6. The van der Waals surface area contributed by atoms with Crippen molar-refractivity contribution in [2.24, 2.45) is 5.92 Å². The Morgan fingerprint density at radius 1 is 1.18 bits per heavy atom. The Hall–Kier alpha value is -4.12. The molecule has 4 aromatic rings. The van der Waals surface area contributed by atoms with Crippen LogP contribution in [0.4, 0.5) is 16.0 Å². The minimum atomic E-state index is -1.10. The molecular weight excluding hydrogens is 487 g/mol. The van der Waals surface area contributed by atoms with Gasteiger partial charge in [0.1, 0.15) is 11.4 Å². The van der Waals surface area contributed by atoms with E-state index in [0.717, 1.165) is 23.0 Å². The van der Waals surface area contributed by atoms with E-state index in [-0.39, 0.29) is 17.9 Å². The third-order valence-corrected chi connectivity index (χ3v) is 7.01. The summed E-state index contributed by atoms with van der Waals surface area (Å²) in [5, 5.41) is 28.7. The highest BCUT2D eigenvalue weighted by atomic mass is 19.1. The molecule has 5 rings (SSSR count). The van der Waals surface area contributed by atoms with E-state index in [1.807, 2.05) is 45.0 Å². The number of carbonyl (C=O) groups excluding carboxylic acids is 1. The zero-order chi connectivity index (χ0) is 26.9. The van der Waals surface area contributed by atoms with Crippen LogP contribution in [0.3, 0.4) is 0 Å². The fourth-order valence-electron chi connectivity index (χ4n) is 4.83. The summed E-state index contributed by atoms with van der Waals surface area (Å²) in [6.45, 7) is 5.78. The molecule has 0 saturated heterocycles. The first-order valence-corrected chi connectivity index (χ1v) is 12.7. The maximum absolute atomic E-state index is 13.2. The minimum Gasteiger partial charge on any atom is -0.384 e. The van der Waals surface area contributed by atoms with Crippen LogP contribution in [0.25, 0.3) is 5.82 Å². The van der Waals surface area contributed by atoms with Crippen LogP contribution in [0, 0.1) is 25.6 Å². The second-order valence-electron chi connectivity index (χ2n) is 10.1. The van der Waals surface area contributed by atoms with Gasteiger partial charge in [0, 0.05) is 23.9 Å². The normalized spacial score (nSPS) is 20.2. The molecular formula is C27H31FN8O2. The monoisotopic (exact) mass is 518 g/mol. The first-order valence-electron chi connectivity index (χ1n) is 12.7. The van der Waals surface area contributed by atoms with Gasteiger partial charge in [-0.25, -0.2) is 19.0 Å². The first-order chi connectivity index (χ1) is 18.2. The van der Waals surface area contributed by atoms with Crippen LogP contribution in [0.5, 0.6) is 0 Å². The predicted octanol–water partition coefficient (Wildman–Crippen LogP) is 4.14. The molecule has 38 heavy (non-hydrogen) atoms. The van der Waals surface area contributed by atoms with Gasteiger partial charge >= 0.3 is 0 Å². The van der Waals surface area contributed by atoms with E-state index in [1.165, 1.54) is 10.9 Å². The fraction of sp³-hybridized carbons (Fsp3) is 0.370. The number of hydrogen-bond acceptors (Lipinski definition) is 7. The van der Waals surface area contributed by atoms with Gasteiger partial charge in [0.2, 0.25) is 5.91 Å². The van der Waals surface area contributed by atoms with E-state index in [0.29, 0.717) is 48.8 Å². The average molecular weight is 519 g/mol. The Bertz CT molecular complexity index is 1420. The third kappa shape index (κ3) is 5.57. The molecule has 0 unspecified atom stereocenters. The smallest absolute Gasteiger partial charge is 0.223 e. The summed E-state index contributed by atoms with van der Waals surface area (Å²) in [5.41, 5.74) is 2.24. The van der Waals surface area contributed by atoms with Gasteiger partial charge in [-0.15, -0.1) is 0 Å². The molecule has 0 bridgehead atoms. The number of nitrogens with zero attached hydrogens (tertiary/aromatic N) is 5. The highest BCUT2D eigenvalue weighted by molar-refractivity contribution is 5.79. The van der Waals surface area contributed by atoms with Crippen LogP contribution >= 0.6 is 0 Å². The number of nitrogens with one attached hydrogen (secondary N) is 3. The van der Waals surface area contributed by atoms with Crippen LogP contribution in [-0.2, 0) is 10.4 Å². The van der Waals surface area contributed by atoms with Crippen molar-refractivity contribution in [2.75, 3.05) is 5.32 Å². The van der Waals surface area contributed by atoms with Crippen molar-refractivity contribution in [1.29, 1.82) is 0 Å². The van der Waals surface area contributed by atoms with Gasteiger partial charge in [0.25, 0.3) is 0 Å². The fourth-order valence-corrected chi connectivity index (χ4v) is 4.83. The third-order valence-electron chi connectivity index (χ3n) is 7.01. The summed E-state index contributed by atoms with van der Waals surface area (Å²) in [5.74, 6) is 1.08. The molecule has 1 atom stereocenters. The van der Waals surface area contributed by atoms with Crippen LogP contribution in [0.2, 0.25) is 0 Å². The second-order valence-corrected chi connectivity index (χ2v) is 10.1. The first kappa shape index (κ1) is 25.5. The van der Waals surface area contributed by atoms with Gasteiger partial charge in [0.15, 0.2) is 17.5 Å². The van der Waals surface area contributed by atoms with Gasteiger partial charge in [-0.05, 0) is 75.8 Å². The summed E-state index contributed by atoms with van der Waals surface area (Å²) in [7, 11) is 0. The van der Waals surface area contributed by atoms with Gasteiger partial charge in [0.05, 0.1) is 24.1 Å². The standard InChI is InChI=1S/C27H31FN8O2/c1-16-10-22(32-23(11-16)33-24-12-17(2)34-35-24)27(38)8-6-19(7-9-27)26(37)31-18(3)20-4-5-25(29-13-20)36-15-21(28)14-30-36/h4-5,10-15,18-19,38H,6-9H2,1-3H3,(H,31,37)(H2,32,33,34,35)/t18-,19-,27+/m0/s1. The Balaban J connectivity index is 1.19. The maximum Gasteiger partial charge on any atom is 0.223 e. The van der Waals surface area contributed by atoms with Gasteiger partial charge < -0.3 is 15.7 Å². The highest BCUT2D eigenvalue weighted by Crippen LogP contribution is 2.40. The molecule has 0 radical (unpaired) electrons. The van der Waals surface area contributed by atoms with E-state index >= 15 is 0 Å². The number of anilines is 2. The maximum atomic E-state index is 13.2. The van der Waals surface area contributed by atoms with E-state index in [9.17, 15) is 14.3 Å². The topological polar surface area (TPSA) is 134 Å². The number of carbonyl (C=O) groups is 1. The van der Waals surface area contributed by atoms with E-state index in [2.05, 4.69) is 35.9 Å². The molecule has 4 heterocycles. The number of aromatic nitrogens is 6. The van der Waals surface area contributed by atoms with Crippen molar-refractivity contribution in [1.82, 2.24) is 35.3 Å². The van der Waals surface area contributed by atoms with Crippen molar-refractivity contribution in [3.63, 3.8) is 0 Å². The molecule has 1 aliphatic carbocycles. The molecule has 1 saturated carbocycles. The number of H-pyrrole nitrogens is 1. The number of pyridine rings is 2. The molecule has 4 aromatic heterocycles. The second kappa shape index (κ2) is 10.3. The molecule has 1 aliphatic rings. The average Bonchev–Trinajstić information content (AvgIpc) is 3.51. The zero-order valence-electron chi connectivity index (χ0n) is 21.6. The number of aromatic amines is 1. The van der Waals surface area contributed by atoms with Crippen molar-refractivity contribution in [3.05, 3.63) is 77.3 Å². The number of aliphatic hydroxyl groups is 1. The molecule has 1 amide bonds. The molecule has 0 aliphatic heterocycles. The summed E-state index contributed by atoms with van der Waals surface area (Å²) >= 11 is 0. The SMILES string of the molecule is Cc1cc(Nc2cc(C)[nH]n2)nc([C@]2(O)CC[C@@H](C(=O)N[C@@H](C)c3ccc(-n4cc(F)cn4)nc3)CC2)c1. The Labute approximate surface area is 219 Å². The Kier molecular flexibility index (Phi) is 6.94. The van der Waals surface area contributed by atoms with Crippen LogP contribution in [-0.4, -0.2) is 41.0 Å². The molecule has 1 fully saturated rings. The lowest BCUT2D eigenvalue weighted by Gasteiger charge is -2.35. The summed E-state index contributed by atoms with van der Waals surface area (Å²) < 4.78 is 14.6. The van der Waals surface area contributed by atoms with Gasteiger partial charge in [-0.3, -0.25) is 9.89 Å². The minimum absolute atomic E-state index is 0.0498. The van der Waals surface area contributed by atoms with Crippen molar-refractivity contribution in [2.45, 2.75) is 58.1 Å². The highest BCUT2D eigenvalue weighted by Gasteiger charge is 2.38. The van der Waals surface area contributed by atoms with Crippen LogP contribution < -0.4 is 10.6 Å². The summed E-state index contributed by atoms with van der Waals surface area (Å²) in [6, 6.07) is 9.01. The van der Waals surface area contributed by atoms with Crippen molar-refractivity contribution >= 4 is 17.5 Å². The van der Waals surface area contributed by atoms with E-state index in [1.54, 1.807) is 12.3 Å².